The van der Waals surface area contributed by atoms with Crippen molar-refractivity contribution in [3.05, 3.63) is 58.7 Å². The van der Waals surface area contributed by atoms with Crippen LogP contribution in [0.5, 0.6) is 0 Å². The third kappa shape index (κ3) is 4.65. The van der Waals surface area contributed by atoms with Gasteiger partial charge in [0, 0.05) is 48.7 Å². The van der Waals surface area contributed by atoms with Gasteiger partial charge in [0.25, 0.3) is 0 Å². The number of anilines is 1. The van der Waals surface area contributed by atoms with Gasteiger partial charge in [-0.3, -0.25) is 14.6 Å². The highest BCUT2D eigenvalue weighted by Crippen LogP contribution is 2.37. The molecule has 0 unspecified atom stereocenters. The zero-order chi connectivity index (χ0) is 23.8. The van der Waals surface area contributed by atoms with Crippen LogP contribution in [0.25, 0.3) is 22.0 Å². The normalized spacial score (nSPS) is 16.6. The Balaban J connectivity index is 1.50. The summed E-state index contributed by atoms with van der Waals surface area (Å²) in [6, 6.07) is 12.0. The number of carbonyl (C=O) groups excluding carboxylic acids is 2. The molecule has 0 bridgehead atoms. The predicted octanol–water partition coefficient (Wildman–Crippen LogP) is 4.64. The standard InChI is InChI=1S/C27H29ClN4O2/c1-17-3-4-20(14-23(17)28)19-7-8-24-21(13-19)26(22(15-29-24)27(34)18-5-6-18)30-16-25(33)32-11-9-31(2)10-12-32/h3-4,7-8,13-15,18H,5-6,9-12,16H2,1-2H3,(H,29,30). The molecule has 2 fully saturated rings. The van der Waals surface area contributed by atoms with Crippen LogP contribution in [-0.2, 0) is 4.79 Å². The summed E-state index contributed by atoms with van der Waals surface area (Å²) >= 11 is 6.37. The van der Waals surface area contributed by atoms with Gasteiger partial charge in [-0.15, -0.1) is 0 Å². The largest absolute Gasteiger partial charge is 0.375 e. The Morgan fingerprint density at radius 2 is 1.76 bits per heavy atom. The maximum atomic E-state index is 13.1. The number of piperazine rings is 1. The molecule has 34 heavy (non-hydrogen) atoms. The Kier molecular flexibility index (Phi) is 6.28. The summed E-state index contributed by atoms with van der Waals surface area (Å²) in [6.45, 7) is 5.32. The van der Waals surface area contributed by atoms with Gasteiger partial charge in [-0.2, -0.15) is 0 Å². The SMILES string of the molecule is Cc1ccc(-c2ccc3ncc(C(=O)C4CC4)c(NCC(=O)N4CCN(C)CC4)c3c2)cc1Cl. The van der Waals surface area contributed by atoms with E-state index in [0.717, 1.165) is 66.6 Å². The van der Waals surface area contributed by atoms with Crippen LogP contribution in [0.4, 0.5) is 5.69 Å². The van der Waals surface area contributed by atoms with Gasteiger partial charge in [-0.25, -0.2) is 0 Å². The summed E-state index contributed by atoms with van der Waals surface area (Å²) in [4.78, 5) is 34.7. The first-order valence-corrected chi connectivity index (χ1v) is 12.2. The smallest absolute Gasteiger partial charge is 0.241 e. The molecule has 1 saturated carbocycles. The quantitative estimate of drug-likeness (QED) is 0.525. The van der Waals surface area contributed by atoms with Crippen molar-refractivity contribution in [1.82, 2.24) is 14.8 Å². The highest BCUT2D eigenvalue weighted by molar-refractivity contribution is 6.31. The van der Waals surface area contributed by atoms with Crippen molar-refractivity contribution < 1.29 is 9.59 Å². The molecule has 176 valence electrons. The molecule has 1 N–H and O–H groups in total. The molecule has 1 amide bonds. The molecular weight excluding hydrogens is 448 g/mol. The van der Waals surface area contributed by atoms with Crippen molar-refractivity contribution in [3.8, 4) is 11.1 Å². The molecule has 2 aromatic carbocycles. The lowest BCUT2D eigenvalue weighted by Gasteiger charge is -2.32. The van der Waals surface area contributed by atoms with Gasteiger partial charge >= 0.3 is 0 Å². The Morgan fingerprint density at radius 3 is 2.47 bits per heavy atom. The number of carbonyl (C=O) groups is 2. The second-order valence-corrected chi connectivity index (χ2v) is 9.83. The molecule has 0 atom stereocenters. The summed E-state index contributed by atoms with van der Waals surface area (Å²) in [5.41, 5.74) is 5.06. The van der Waals surface area contributed by atoms with Gasteiger partial charge in [-0.1, -0.05) is 29.8 Å². The number of amides is 1. The van der Waals surface area contributed by atoms with Gasteiger partial charge in [-0.05, 0) is 61.7 Å². The van der Waals surface area contributed by atoms with Gasteiger partial charge < -0.3 is 15.1 Å². The zero-order valence-electron chi connectivity index (χ0n) is 19.6. The first-order chi connectivity index (χ1) is 16.4. The molecule has 1 aliphatic carbocycles. The fourth-order valence-corrected chi connectivity index (χ4v) is 4.60. The molecule has 1 aliphatic heterocycles. The van der Waals surface area contributed by atoms with E-state index in [2.05, 4.69) is 22.2 Å². The van der Waals surface area contributed by atoms with Crippen molar-refractivity contribution in [1.29, 1.82) is 0 Å². The maximum absolute atomic E-state index is 13.1. The number of rotatable bonds is 6. The Hall–Kier alpha value is -2.96. The zero-order valence-corrected chi connectivity index (χ0v) is 20.4. The van der Waals surface area contributed by atoms with Crippen molar-refractivity contribution in [3.63, 3.8) is 0 Å². The number of hydrogen-bond acceptors (Lipinski definition) is 5. The van der Waals surface area contributed by atoms with E-state index in [4.69, 9.17) is 11.6 Å². The van der Waals surface area contributed by atoms with Gasteiger partial charge in [0.15, 0.2) is 5.78 Å². The molecular formula is C27H29ClN4O2. The lowest BCUT2D eigenvalue weighted by molar-refractivity contribution is -0.130. The molecule has 3 aromatic rings. The predicted molar refractivity (Wildman–Crippen MR) is 137 cm³/mol. The fraction of sp³-hybridized carbons (Fsp3) is 0.370. The number of aryl methyl sites for hydroxylation is 1. The lowest BCUT2D eigenvalue weighted by atomic mass is 9.98. The average molecular weight is 477 g/mol. The number of fused-ring (bicyclic) bond motifs is 1. The molecule has 6 nitrogen and oxygen atoms in total. The number of hydrogen-bond donors (Lipinski definition) is 1. The molecule has 1 aromatic heterocycles. The third-order valence-electron chi connectivity index (χ3n) is 6.86. The van der Waals surface area contributed by atoms with E-state index in [1.54, 1.807) is 6.20 Å². The number of nitrogens with zero attached hydrogens (tertiary/aromatic N) is 3. The average Bonchev–Trinajstić information content (AvgIpc) is 3.69. The highest BCUT2D eigenvalue weighted by Gasteiger charge is 2.32. The number of ketones is 1. The van der Waals surface area contributed by atoms with Gasteiger partial charge in [0.1, 0.15) is 0 Å². The highest BCUT2D eigenvalue weighted by atomic mass is 35.5. The molecule has 5 rings (SSSR count). The number of halogens is 1. The van der Waals surface area contributed by atoms with Crippen molar-refractivity contribution in [2.75, 3.05) is 45.1 Å². The Bertz CT molecular complexity index is 1260. The third-order valence-corrected chi connectivity index (χ3v) is 7.27. The van der Waals surface area contributed by atoms with Crippen molar-refractivity contribution >= 4 is 39.9 Å². The van der Waals surface area contributed by atoms with E-state index < -0.39 is 0 Å². The molecule has 0 radical (unpaired) electrons. The number of benzene rings is 2. The minimum atomic E-state index is 0.0457. The van der Waals surface area contributed by atoms with E-state index in [1.807, 2.05) is 48.2 Å². The number of Topliss-reactive ketones (excluding diaryl/α,β-unsaturated/α-hetero) is 1. The molecule has 0 spiro atoms. The van der Waals surface area contributed by atoms with Crippen molar-refractivity contribution in [2.24, 2.45) is 5.92 Å². The topological polar surface area (TPSA) is 65.5 Å². The molecule has 2 aliphatic rings. The minimum Gasteiger partial charge on any atom is -0.375 e. The minimum absolute atomic E-state index is 0.0457. The first kappa shape index (κ1) is 22.8. The van der Waals surface area contributed by atoms with Gasteiger partial charge in [0.05, 0.1) is 23.3 Å². The summed E-state index contributed by atoms with van der Waals surface area (Å²) in [5.74, 6) is 0.212. The molecule has 1 saturated heterocycles. The van der Waals surface area contributed by atoms with E-state index in [-0.39, 0.29) is 24.2 Å². The van der Waals surface area contributed by atoms with E-state index >= 15 is 0 Å². The van der Waals surface area contributed by atoms with E-state index in [0.29, 0.717) is 16.3 Å². The monoisotopic (exact) mass is 476 g/mol. The van der Waals surface area contributed by atoms with E-state index in [1.165, 1.54) is 0 Å². The number of likely N-dealkylation sites (N-methyl/N-ethyl adjacent to an activating group) is 1. The summed E-state index contributed by atoms with van der Waals surface area (Å²) in [6.07, 6.45) is 3.49. The summed E-state index contributed by atoms with van der Waals surface area (Å²) in [5, 5.41) is 4.89. The van der Waals surface area contributed by atoms with Crippen LogP contribution < -0.4 is 5.32 Å². The maximum Gasteiger partial charge on any atom is 0.241 e. The second-order valence-electron chi connectivity index (χ2n) is 9.42. The lowest BCUT2D eigenvalue weighted by Crippen LogP contribution is -2.48. The number of nitrogens with one attached hydrogen (secondary N) is 1. The number of aromatic nitrogens is 1. The summed E-state index contributed by atoms with van der Waals surface area (Å²) < 4.78 is 0. The Labute approximate surface area is 204 Å². The van der Waals surface area contributed by atoms with Crippen LogP contribution in [0.2, 0.25) is 5.02 Å². The fourth-order valence-electron chi connectivity index (χ4n) is 4.42. The first-order valence-electron chi connectivity index (χ1n) is 11.8. The van der Waals surface area contributed by atoms with Crippen LogP contribution in [0.15, 0.2) is 42.6 Å². The molecule has 2 heterocycles. The molecule has 7 heteroatoms. The Morgan fingerprint density at radius 1 is 1.06 bits per heavy atom. The van der Waals surface area contributed by atoms with Crippen LogP contribution >= 0.6 is 11.6 Å². The van der Waals surface area contributed by atoms with Crippen LogP contribution in [0.3, 0.4) is 0 Å². The van der Waals surface area contributed by atoms with E-state index in [9.17, 15) is 9.59 Å². The van der Waals surface area contributed by atoms with Crippen LogP contribution in [0, 0.1) is 12.8 Å². The van der Waals surface area contributed by atoms with Gasteiger partial charge in [0.2, 0.25) is 5.91 Å². The van der Waals surface area contributed by atoms with Crippen LogP contribution in [-0.4, -0.2) is 66.2 Å². The number of pyridine rings is 1. The summed E-state index contributed by atoms with van der Waals surface area (Å²) in [7, 11) is 2.07. The van der Waals surface area contributed by atoms with Crippen LogP contribution in [0.1, 0.15) is 28.8 Å². The van der Waals surface area contributed by atoms with Crippen molar-refractivity contribution in [2.45, 2.75) is 19.8 Å². The second kappa shape index (κ2) is 9.35.